The average Bonchev–Trinajstić information content (AvgIpc) is 3.08. The van der Waals surface area contributed by atoms with Crippen molar-refractivity contribution < 1.29 is 13.2 Å². The molecule has 2 aromatic rings. The molecule has 0 saturated heterocycles. The molecular formula is C20H28N6O3S. The molecule has 1 heterocycles. The van der Waals surface area contributed by atoms with Crippen LogP contribution in [0, 0.1) is 5.41 Å². The van der Waals surface area contributed by atoms with E-state index in [1.54, 1.807) is 63.7 Å². The highest BCUT2D eigenvalue weighted by Crippen LogP contribution is 2.33. The number of hydrogen-bond donors (Lipinski definition) is 1. The summed E-state index contributed by atoms with van der Waals surface area (Å²) in [5, 5.41) is 7.52. The highest BCUT2D eigenvalue weighted by molar-refractivity contribution is 7.89. The summed E-state index contributed by atoms with van der Waals surface area (Å²) < 4.78 is 30.2. The maximum absolute atomic E-state index is 12.9. The first kappa shape index (κ1) is 23.6. The first-order valence-electron chi connectivity index (χ1n) is 9.59. The van der Waals surface area contributed by atoms with E-state index in [1.807, 2.05) is 6.92 Å². The van der Waals surface area contributed by atoms with E-state index in [0.717, 1.165) is 11.3 Å². The van der Waals surface area contributed by atoms with Crippen LogP contribution in [0.4, 0.5) is 0 Å². The second-order valence-electron chi connectivity index (χ2n) is 8.76. The summed E-state index contributed by atoms with van der Waals surface area (Å²) in [7, 11) is -3.75. The van der Waals surface area contributed by atoms with E-state index in [2.05, 4.69) is 19.8 Å². The van der Waals surface area contributed by atoms with E-state index in [4.69, 9.17) is 5.53 Å². The minimum Gasteiger partial charge on any atom is -0.292 e. The van der Waals surface area contributed by atoms with Gasteiger partial charge < -0.3 is 0 Å². The summed E-state index contributed by atoms with van der Waals surface area (Å²) in [6.07, 6.45) is 1.91. The standard InChI is InChI=1S/C20H28N6O3S/c1-7-26-17(10-11-22-26)16-12-15(30(28,29)24-19(2,3)4)9-8-14(16)13-20(5,6)18(27)23-25-21/h8-12,24H,7,13H2,1-6H3. The lowest BCUT2D eigenvalue weighted by molar-refractivity contribution is -0.125. The number of hydrogen-bond acceptors (Lipinski definition) is 4. The Bertz CT molecular complexity index is 1090. The van der Waals surface area contributed by atoms with E-state index in [9.17, 15) is 13.2 Å². The monoisotopic (exact) mass is 432 g/mol. The molecule has 1 aromatic heterocycles. The van der Waals surface area contributed by atoms with E-state index in [-0.39, 0.29) is 11.3 Å². The van der Waals surface area contributed by atoms with Crippen molar-refractivity contribution in [1.29, 1.82) is 0 Å². The van der Waals surface area contributed by atoms with Crippen LogP contribution >= 0.6 is 0 Å². The lowest BCUT2D eigenvalue weighted by Gasteiger charge is -2.24. The molecule has 1 amide bonds. The molecule has 0 aliphatic heterocycles. The Morgan fingerprint density at radius 2 is 1.90 bits per heavy atom. The number of nitrogens with zero attached hydrogens (tertiary/aromatic N) is 5. The Balaban J connectivity index is 2.64. The van der Waals surface area contributed by atoms with Gasteiger partial charge in [0.1, 0.15) is 0 Å². The predicted octanol–water partition coefficient (Wildman–Crippen LogP) is 4.05. The number of rotatable bonds is 7. The number of aromatic nitrogens is 2. The lowest BCUT2D eigenvalue weighted by atomic mass is 9.83. The number of sulfonamides is 1. The third kappa shape index (κ3) is 5.47. The first-order chi connectivity index (χ1) is 13.8. The van der Waals surface area contributed by atoms with E-state index in [1.165, 1.54) is 6.07 Å². The van der Waals surface area contributed by atoms with Crippen LogP contribution in [0.25, 0.3) is 21.7 Å². The van der Waals surface area contributed by atoms with Gasteiger partial charge in [-0.1, -0.05) is 19.9 Å². The van der Waals surface area contributed by atoms with Gasteiger partial charge in [-0.3, -0.25) is 9.48 Å². The molecule has 0 atom stereocenters. The number of azide groups is 1. The molecule has 0 aliphatic carbocycles. The molecular weight excluding hydrogens is 404 g/mol. The number of aryl methyl sites for hydroxylation is 1. The average molecular weight is 433 g/mol. The van der Waals surface area contributed by atoms with E-state index < -0.39 is 26.9 Å². The number of carbonyl (C=O) groups is 1. The van der Waals surface area contributed by atoms with Crippen molar-refractivity contribution in [3.05, 3.63) is 46.5 Å². The molecule has 0 aliphatic rings. The van der Waals surface area contributed by atoms with Crippen LogP contribution in [0.15, 0.2) is 40.5 Å². The van der Waals surface area contributed by atoms with Gasteiger partial charge in [0.15, 0.2) is 0 Å². The van der Waals surface area contributed by atoms with E-state index >= 15 is 0 Å². The molecule has 2 rings (SSSR count). The van der Waals surface area contributed by atoms with Crippen LogP contribution in [0.2, 0.25) is 0 Å². The molecule has 0 spiro atoms. The number of benzene rings is 1. The Labute approximate surface area is 177 Å². The van der Waals surface area contributed by atoms with Crippen LogP contribution in [-0.2, 0) is 27.8 Å². The maximum atomic E-state index is 12.9. The molecule has 0 bridgehead atoms. The molecule has 1 aromatic carbocycles. The molecule has 0 unspecified atom stereocenters. The highest BCUT2D eigenvalue weighted by atomic mass is 32.2. The zero-order valence-corrected chi connectivity index (χ0v) is 19.0. The Kier molecular flexibility index (Phi) is 6.76. The molecule has 0 saturated carbocycles. The summed E-state index contributed by atoms with van der Waals surface area (Å²) in [5.41, 5.74) is 9.18. The highest BCUT2D eigenvalue weighted by Gasteiger charge is 2.30. The smallest absolute Gasteiger partial charge is 0.241 e. The molecule has 0 fully saturated rings. The number of nitrogens with one attached hydrogen (secondary N) is 1. The van der Waals surface area contributed by atoms with Crippen molar-refractivity contribution in [1.82, 2.24) is 14.5 Å². The molecule has 162 valence electrons. The minimum absolute atomic E-state index is 0.124. The molecule has 10 heteroatoms. The van der Waals surface area contributed by atoms with Crippen molar-refractivity contribution in [2.75, 3.05) is 0 Å². The summed E-state index contributed by atoms with van der Waals surface area (Å²) in [4.78, 5) is 15.0. The third-order valence-electron chi connectivity index (χ3n) is 4.47. The van der Waals surface area contributed by atoms with Gasteiger partial charge in [0.25, 0.3) is 0 Å². The topological polar surface area (TPSA) is 130 Å². The Hall–Kier alpha value is -2.68. The predicted molar refractivity (Wildman–Crippen MR) is 115 cm³/mol. The van der Waals surface area contributed by atoms with Gasteiger partial charge in [-0.25, -0.2) is 13.1 Å². The second kappa shape index (κ2) is 8.59. The Morgan fingerprint density at radius 3 is 2.47 bits per heavy atom. The molecule has 30 heavy (non-hydrogen) atoms. The quantitative estimate of drug-likeness (QED) is 0.402. The minimum atomic E-state index is -3.75. The fourth-order valence-corrected chi connectivity index (χ4v) is 4.56. The molecule has 9 nitrogen and oxygen atoms in total. The maximum Gasteiger partial charge on any atom is 0.241 e. The van der Waals surface area contributed by atoms with Crippen molar-refractivity contribution in [2.45, 2.75) is 64.9 Å². The normalized spacial score (nSPS) is 12.5. The van der Waals surface area contributed by atoms with Crippen LogP contribution in [0.1, 0.15) is 47.1 Å². The number of amides is 1. The van der Waals surface area contributed by atoms with Crippen molar-refractivity contribution in [3.8, 4) is 11.3 Å². The second-order valence-corrected chi connectivity index (χ2v) is 10.4. The lowest BCUT2D eigenvalue weighted by Crippen LogP contribution is -2.40. The first-order valence-corrected chi connectivity index (χ1v) is 11.1. The zero-order chi connectivity index (χ0) is 22.7. The van der Waals surface area contributed by atoms with Crippen LogP contribution in [0.3, 0.4) is 0 Å². The van der Waals surface area contributed by atoms with Crippen LogP contribution in [-0.4, -0.2) is 29.6 Å². The largest absolute Gasteiger partial charge is 0.292 e. The van der Waals surface area contributed by atoms with Gasteiger partial charge >= 0.3 is 0 Å². The summed E-state index contributed by atoms with van der Waals surface area (Å²) in [6.45, 7) is 11.2. The van der Waals surface area contributed by atoms with Crippen molar-refractivity contribution >= 4 is 15.9 Å². The molecule has 0 radical (unpaired) electrons. The van der Waals surface area contributed by atoms with Crippen molar-refractivity contribution in [3.63, 3.8) is 0 Å². The third-order valence-corrected chi connectivity index (χ3v) is 6.23. The van der Waals surface area contributed by atoms with Gasteiger partial charge in [0, 0.05) is 34.2 Å². The Morgan fingerprint density at radius 1 is 1.23 bits per heavy atom. The fraction of sp³-hybridized carbons (Fsp3) is 0.500. The molecule has 1 N–H and O–H groups in total. The van der Waals surface area contributed by atoms with Crippen molar-refractivity contribution in [2.24, 2.45) is 10.5 Å². The van der Waals surface area contributed by atoms with E-state index in [0.29, 0.717) is 12.1 Å². The number of carbonyl (C=O) groups excluding carboxylic acids is 1. The van der Waals surface area contributed by atoms with Crippen LogP contribution in [0.5, 0.6) is 0 Å². The van der Waals surface area contributed by atoms with Gasteiger partial charge in [-0.05, 0) is 68.5 Å². The van der Waals surface area contributed by atoms with Gasteiger partial charge in [0.2, 0.25) is 15.9 Å². The summed E-state index contributed by atoms with van der Waals surface area (Å²) in [6, 6.07) is 6.62. The summed E-state index contributed by atoms with van der Waals surface area (Å²) >= 11 is 0. The SMILES string of the molecule is CCn1nccc1-c1cc(S(=O)(=O)NC(C)(C)C)ccc1CC(C)(C)C(=O)N=[N+]=[N-]. The fourth-order valence-electron chi connectivity index (χ4n) is 3.12. The van der Waals surface area contributed by atoms with Gasteiger partial charge in [-0.15, -0.1) is 0 Å². The van der Waals surface area contributed by atoms with Crippen LogP contribution < -0.4 is 4.72 Å². The van der Waals surface area contributed by atoms with Gasteiger partial charge in [-0.2, -0.15) is 5.10 Å². The summed E-state index contributed by atoms with van der Waals surface area (Å²) in [5.74, 6) is -0.578. The zero-order valence-electron chi connectivity index (χ0n) is 18.2. The van der Waals surface area contributed by atoms with Gasteiger partial charge in [0.05, 0.1) is 10.6 Å².